The molecule has 0 aliphatic heterocycles. The van der Waals surface area contributed by atoms with Crippen molar-refractivity contribution in [3.05, 3.63) is 84.9 Å². The van der Waals surface area contributed by atoms with E-state index in [-0.39, 0.29) is 0 Å². The molecular weight excluding hydrogens is 490 g/mol. The first-order valence-corrected chi connectivity index (χ1v) is 13.2. The van der Waals surface area contributed by atoms with E-state index in [4.69, 9.17) is 4.98 Å². The zero-order valence-corrected chi connectivity index (χ0v) is 22.3. The minimum Gasteiger partial charge on any atom is -0.358 e. The summed E-state index contributed by atoms with van der Waals surface area (Å²) < 4.78 is 0. The van der Waals surface area contributed by atoms with Gasteiger partial charge in [0.2, 0.25) is 0 Å². The van der Waals surface area contributed by atoms with Crippen molar-refractivity contribution in [1.82, 2.24) is 30.1 Å². The molecule has 0 aliphatic carbocycles. The molecule has 0 bridgehead atoms. The molecule has 8 heteroatoms. The molecule has 7 nitrogen and oxygen atoms in total. The normalized spacial score (nSPS) is 11.5. The molecule has 0 radical (unpaired) electrons. The summed E-state index contributed by atoms with van der Waals surface area (Å²) in [7, 11) is 0. The first kappa shape index (κ1) is 23.8. The molecule has 6 aromatic heterocycles. The molecule has 188 valence electrons. The molecule has 0 spiro atoms. The van der Waals surface area contributed by atoms with Gasteiger partial charge in [0.15, 0.2) is 5.65 Å². The van der Waals surface area contributed by atoms with Gasteiger partial charge in [-0.05, 0) is 54.8 Å². The molecule has 0 saturated carbocycles. The summed E-state index contributed by atoms with van der Waals surface area (Å²) in [4.78, 5) is 19.6. The van der Waals surface area contributed by atoms with E-state index in [0.29, 0.717) is 11.6 Å². The van der Waals surface area contributed by atoms with Crippen LogP contribution in [0.15, 0.2) is 80.0 Å². The number of anilines is 1. The van der Waals surface area contributed by atoms with Crippen molar-refractivity contribution in [2.45, 2.75) is 20.8 Å². The van der Waals surface area contributed by atoms with Gasteiger partial charge >= 0.3 is 0 Å². The first-order valence-electron chi connectivity index (χ1n) is 12.4. The van der Waals surface area contributed by atoms with Crippen LogP contribution in [-0.4, -0.2) is 30.1 Å². The lowest BCUT2D eigenvalue weighted by molar-refractivity contribution is 0.778. The van der Waals surface area contributed by atoms with Crippen molar-refractivity contribution in [2.75, 3.05) is 5.32 Å². The van der Waals surface area contributed by atoms with Crippen LogP contribution in [-0.2, 0) is 0 Å². The summed E-state index contributed by atoms with van der Waals surface area (Å²) in [5.41, 5.74) is 9.22. The number of hydrogen-bond donors (Lipinski definition) is 3. The Labute approximate surface area is 224 Å². The van der Waals surface area contributed by atoms with Crippen molar-refractivity contribution >= 4 is 44.5 Å². The molecule has 0 unspecified atom stereocenters. The number of nitrogens with zero attached hydrogens (tertiary/aromatic N) is 4. The van der Waals surface area contributed by atoms with Crippen LogP contribution in [0.3, 0.4) is 0 Å². The summed E-state index contributed by atoms with van der Waals surface area (Å²) in [6.07, 6.45) is 7.31. The smallest absolute Gasteiger partial charge is 0.181 e. The zero-order chi connectivity index (χ0) is 26.4. The second-order valence-corrected chi connectivity index (χ2v) is 10.8. The quantitative estimate of drug-likeness (QED) is 0.200. The van der Waals surface area contributed by atoms with Gasteiger partial charge in [0.25, 0.3) is 0 Å². The topological polar surface area (TPSA) is 95.2 Å². The largest absolute Gasteiger partial charge is 0.358 e. The van der Waals surface area contributed by atoms with Crippen LogP contribution in [0.1, 0.15) is 25.6 Å². The molecule has 0 saturated heterocycles. The van der Waals surface area contributed by atoms with Crippen LogP contribution in [0.4, 0.5) is 5.69 Å². The van der Waals surface area contributed by atoms with Crippen LogP contribution >= 0.6 is 11.3 Å². The van der Waals surface area contributed by atoms with Crippen molar-refractivity contribution in [3.8, 4) is 33.1 Å². The van der Waals surface area contributed by atoms with Gasteiger partial charge in [0, 0.05) is 56.6 Å². The fraction of sp³-hybridized carbons (Fsp3) is 0.133. The van der Waals surface area contributed by atoms with Gasteiger partial charge in [0.05, 0.1) is 33.8 Å². The van der Waals surface area contributed by atoms with E-state index >= 15 is 0 Å². The molecule has 0 aliphatic rings. The van der Waals surface area contributed by atoms with Crippen LogP contribution in [0.2, 0.25) is 0 Å². The van der Waals surface area contributed by atoms with E-state index in [9.17, 15) is 0 Å². The Kier molecular flexibility index (Phi) is 5.88. The maximum Gasteiger partial charge on any atom is 0.181 e. The zero-order valence-electron chi connectivity index (χ0n) is 21.5. The number of allylic oxidation sites excluding steroid dienone is 2. The number of aromatic amines is 2. The second-order valence-electron chi connectivity index (χ2n) is 9.71. The standard InChI is InChI=1S/C30H27N7S/c1-16(2)18(5)34-21-10-19(13-31-15-21)20-11-23-28(36-37-30(23)33-14-20)25-12-22-24(35-25)8-9-32-29(22)27-7-6-26(38-27)17(3)4/h6-16,34-35H,3,5H2,1-2,4H3,(H,33,36,37). The maximum atomic E-state index is 4.70. The fourth-order valence-corrected chi connectivity index (χ4v) is 5.28. The van der Waals surface area contributed by atoms with Gasteiger partial charge in [0.1, 0.15) is 0 Å². The highest BCUT2D eigenvalue weighted by Crippen LogP contribution is 2.37. The average molecular weight is 518 g/mol. The summed E-state index contributed by atoms with van der Waals surface area (Å²) in [6, 6.07) is 12.5. The first-order chi connectivity index (χ1) is 18.4. The van der Waals surface area contributed by atoms with E-state index in [2.05, 4.69) is 87.8 Å². The molecule has 6 heterocycles. The molecule has 6 rings (SSSR count). The van der Waals surface area contributed by atoms with Gasteiger partial charge in [-0.15, -0.1) is 11.3 Å². The van der Waals surface area contributed by atoms with Crippen LogP contribution < -0.4 is 5.32 Å². The molecular formula is C30H27N7S. The number of nitrogens with one attached hydrogen (secondary N) is 3. The number of rotatable bonds is 7. The van der Waals surface area contributed by atoms with Crippen molar-refractivity contribution < 1.29 is 0 Å². The molecule has 0 amide bonds. The summed E-state index contributed by atoms with van der Waals surface area (Å²) >= 11 is 1.70. The van der Waals surface area contributed by atoms with Gasteiger partial charge in [-0.25, -0.2) is 4.98 Å². The molecule has 0 atom stereocenters. The SMILES string of the molecule is C=C(C)c1ccc(-c2nccc3[nH]c(-c4[nH]nc5ncc(-c6cncc(NC(=C)C(C)C)c6)cc45)cc23)s1. The second kappa shape index (κ2) is 9.39. The highest BCUT2D eigenvalue weighted by atomic mass is 32.1. The fourth-order valence-electron chi connectivity index (χ4n) is 4.34. The number of pyridine rings is 3. The third kappa shape index (κ3) is 4.29. The monoisotopic (exact) mass is 517 g/mol. The van der Waals surface area contributed by atoms with Crippen LogP contribution in [0.5, 0.6) is 0 Å². The van der Waals surface area contributed by atoms with E-state index < -0.39 is 0 Å². The van der Waals surface area contributed by atoms with Gasteiger partial charge in [-0.1, -0.05) is 27.0 Å². The average Bonchev–Trinajstić information content (AvgIpc) is 3.66. The Bertz CT molecular complexity index is 1840. The Balaban J connectivity index is 1.40. The van der Waals surface area contributed by atoms with Crippen molar-refractivity contribution in [2.24, 2.45) is 5.92 Å². The van der Waals surface area contributed by atoms with E-state index in [0.717, 1.165) is 71.2 Å². The van der Waals surface area contributed by atoms with Gasteiger partial charge in [-0.3, -0.25) is 15.1 Å². The summed E-state index contributed by atoms with van der Waals surface area (Å²) in [6.45, 7) is 14.4. The number of hydrogen-bond acceptors (Lipinski definition) is 6. The number of H-pyrrole nitrogens is 2. The highest BCUT2D eigenvalue weighted by Gasteiger charge is 2.16. The predicted molar refractivity (Wildman–Crippen MR) is 158 cm³/mol. The Hall–Kier alpha value is -4.56. The minimum absolute atomic E-state index is 0.324. The molecule has 0 aromatic carbocycles. The van der Waals surface area contributed by atoms with Crippen molar-refractivity contribution in [3.63, 3.8) is 0 Å². The summed E-state index contributed by atoms with van der Waals surface area (Å²) in [5, 5.41) is 13.0. The van der Waals surface area contributed by atoms with Crippen LogP contribution in [0, 0.1) is 5.92 Å². The number of thiophene rings is 1. The Morgan fingerprint density at radius 1 is 0.974 bits per heavy atom. The van der Waals surface area contributed by atoms with E-state index in [1.54, 1.807) is 17.5 Å². The molecule has 6 aromatic rings. The number of fused-ring (bicyclic) bond motifs is 2. The third-order valence-electron chi connectivity index (χ3n) is 6.56. The van der Waals surface area contributed by atoms with Crippen LogP contribution in [0.25, 0.3) is 60.6 Å². The Morgan fingerprint density at radius 3 is 2.61 bits per heavy atom. The highest BCUT2D eigenvalue weighted by molar-refractivity contribution is 7.16. The van der Waals surface area contributed by atoms with E-state index in [1.165, 1.54) is 0 Å². The predicted octanol–water partition coefficient (Wildman–Crippen LogP) is 7.91. The van der Waals surface area contributed by atoms with Crippen molar-refractivity contribution in [1.29, 1.82) is 0 Å². The van der Waals surface area contributed by atoms with Gasteiger partial charge in [-0.2, -0.15) is 5.10 Å². The molecule has 0 fully saturated rings. The Morgan fingerprint density at radius 2 is 1.82 bits per heavy atom. The lowest BCUT2D eigenvalue weighted by atomic mass is 10.1. The minimum atomic E-state index is 0.324. The lowest BCUT2D eigenvalue weighted by Crippen LogP contribution is -2.04. The molecule has 38 heavy (non-hydrogen) atoms. The van der Waals surface area contributed by atoms with E-state index in [1.807, 2.05) is 31.6 Å². The molecule has 3 N–H and O–H groups in total. The van der Waals surface area contributed by atoms with Gasteiger partial charge < -0.3 is 10.3 Å². The number of aromatic nitrogens is 6. The maximum absolute atomic E-state index is 4.70. The third-order valence-corrected chi connectivity index (χ3v) is 7.81. The summed E-state index contributed by atoms with van der Waals surface area (Å²) in [5.74, 6) is 0.324. The lowest BCUT2D eigenvalue weighted by Gasteiger charge is -2.13.